The SMILES string of the molecule is Cl.O=C1CCc2c1cccc2C(F)(F)F. The van der Waals surface area contributed by atoms with E-state index in [0.717, 1.165) is 6.07 Å². The highest BCUT2D eigenvalue weighted by atomic mass is 35.5. The molecule has 0 spiro atoms. The van der Waals surface area contributed by atoms with Crippen LogP contribution in [0.5, 0.6) is 0 Å². The molecule has 1 aliphatic carbocycles. The number of carbonyl (C=O) groups excluding carboxylic acids is 1. The quantitative estimate of drug-likeness (QED) is 0.676. The van der Waals surface area contributed by atoms with Gasteiger partial charge in [-0.25, -0.2) is 0 Å². The topological polar surface area (TPSA) is 17.1 Å². The van der Waals surface area contributed by atoms with Crippen LogP contribution in [0.2, 0.25) is 0 Å². The summed E-state index contributed by atoms with van der Waals surface area (Å²) in [5.74, 6) is -0.189. The number of ketones is 1. The van der Waals surface area contributed by atoms with Gasteiger partial charge in [-0.2, -0.15) is 13.2 Å². The highest BCUT2D eigenvalue weighted by Crippen LogP contribution is 2.36. The average molecular weight is 237 g/mol. The van der Waals surface area contributed by atoms with Crippen molar-refractivity contribution in [3.8, 4) is 0 Å². The monoisotopic (exact) mass is 236 g/mol. The second-order valence-electron chi connectivity index (χ2n) is 3.25. The third-order valence-electron chi connectivity index (χ3n) is 2.38. The number of halogens is 4. The van der Waals surface area contributed by atoms with Crippen molar-refractivity contribution >= 4 is 18.2 Å². The first-order valence-corrected chi connectivity index (χ1v) is 4.22. The molecule has 0 N–H and O–H groups in total. The fraction of sp³-hybridized carbons (Fsp3) is 0.300. The van der Waals surface area contributed by atoms with E-state index in [9.17, 15) is 18.0 Å². The first-order valence-electron chi connectivity index (χ1n) is 4.22. The molecule has 0 radical (unpaired) electrons. The van der Waals surface area contributed by atoms with Gasteiger partial charge in [0.15, 0.2) is 5.78 Å². The van der Waals surface area contributed by atoms with Gasteiger partial charge < -0.3 is 0 Å². The van der Waals surface area contributed by atoms with Gasteiger partial charge in [0.2, 0.25) is 0 Å². The summed E-state index contributed by atoms with van der Waals surface area (Å²) < 4.78 is 37.4. The van der Waals surface area contributed by atoms with Gasteiger partial charge in [-0.05, 0) is 18.1 Å². The molecule has 1 aromatic carbocycles. The van der Waals surface area contributed by atoms with Crippen LogP contribution in [0.1, 0.15) is 27.9 Å². The summed E-state index contributed by atoms with van der Waals surface area (Å²) in [6.07, 6.45) is -3.94. The fourth-order valence-electron chi connectivity index (χ4n) is 1.76. The lowest BCUT2D eigenvalue weighted by Crippen LogP contribution is -2.09. The minimum Gasteiger partial charge on any atom is -0.294 e. The van der Waals surface area contributed by atoms with Crippen LogP contribution in [0.15, 0.2) is 18.2 Å². The maximum atomic E-state index is 12.5. The Morgan fingerprint density at radius 1 is 1.13 bits per heavy atom. The number of Topliss-reactive ketones (excluding diaryl/α,β-unsaturated/α-hetero) is 1. The zero-order chi connectivity index (χ0) is 10.3. The van der Waals surface area contributed by atoms with E-state index in [0.29, 0.717) is 0 Å². The van der Waals surface area contributed by atoms with Gasteiger partial charge in [0.1, 0.15) is 0 Å². The van der Waals surface area contributed by atoms with E-state index in [1.165, 1.54) is 12.1 Å². The maximum absolute atomic E-state index is 12.5. The van der Waals surface area contributed by atoms with Crippen molar-refractivity contribution in [2.24, 2.45) is 0 Å². The number of hydrogen-bond acceptors (Lipinski definition) is 1. The maximum Gasteiger partial charge on any atom is 0.416 e. The molecular weight excluding hydrogens is 229 g/mol. The van der Waals surface area contributed by atoms with Gasteiger partial charge in [-0.3, -0.25) is 4.79 Å². The molecule has 1 aliphatic rings. The molecule has 0 heterocycles. The third-order valence-corrected chi connectivity index (χ3v) is 2.38. The molecule has 0 saturated carbocycles. The molecule has 0 saturated heterocycles. The smallest absolute Gasteiger partial charge is 0.294 e. The van der Waals surface area contributed by atoms with Gasteiger partial charge in [0.25, 0.3) is 0 Å². The summed E-state index contributed by atoms with van der Waals surface area (Å²) in [5, 5.41) is 0. The Labute approximate surface area is 90.7 Å². The summed E-state index contributed by atoms with van der Waals surface area (Å²) in [5.41, 5.74) is -0.273. The summed E-state index contributed by atoms with van der Waals surface area (Å²) in [6, 6.07) is 3.77. The standard InChI is InChI=1S/C10H7F3O.ClH/c11-10(12,13)8-3-1-2-7-6(8)4-5-9(7)14;/h1-3H,4-5H2;1H. The number of fused-ring (bicyclic) bond motifs is 1. The molecule has 0 unspecified atom stereocenters. The molecule has 0 atom stereocenters. The van der Waals surface area contributed by atoms with Gasteiger partial charge >= 0.3 is 6.18 Å². The van der Waals surface area contributed by atoms with Crippen LogP contribution >= 0.6 is 12.4 Å². The Morgan fingerprint density at radius 2 is 1.80 bits per heavy atom. The van der Waals surface area contributed by atoms with Crippen LogP contribution in [0.25, 0.3) is 0 Å². The predicted molar refractivity (Wildman–Crippen MR) is 51.3 cm³/mol. The molecule has 5 heteroatoms. The minimum absolute atomic E-state index is 0. The van der Waals surface area contributed by atoms with E-state index in [-0.39, 0.29) is 42.2 Å². The summed E-state index contributed by atoms with van der Waals surface area (Å²) in [7, 11) is 0. The van der Waals surface area contributed by atoms with Crippen LogP contribution in [0.3, 0.4) is 0 Å². The lowest BCUT2D eigenvalue weighted by molar-refractivity contribution is -0.138. The molecule has 0 aromatic heterocycles. The van der Waals surface area contributed by atoms with Gasteiger partial charge in [-0.1, -0.05) is 12.1 Å². The van der Waals surface area contributed by atoms with Crippen LogP contribution in [-0.4, -0.2) is 5.78 Å². The molecule has 0 aliphatic heterocycles. The Morgan fingerprint density at radius 3 is 2.40 bits per heavy atom. The number of rotatable bonds is 0. The molecule has 0 fully saturated rings. The van der Waals surface area contributed by atoms with Gasteiger partial charge in [0, 0.05) is 12.0 Å². The number of benzene rings is 1. The van der Waals surface area contributed by atoms with E-state index in [1.807, 2.05) is 0 Å². The largest absolute Gasteiger partial charge is 0.416 e. The molecule has 1 aromatic rings. The molecule has 2 rings (SSSR count). The first kappa shape index (κ1) is 12.0. The van der Waals surface area contributed by atoms with Crippen molar-refractivity contribution in [3.63, 3.8) is 0 Å². The zero-order valence-electron chi connectivity index (χ0n) is 7.60. The second-order valence-corrected chi connectivity index (χ2v) is 3.25. The Balaban J connectivity index is 0.00000112. The van der Waals surface area contributed by atoms with Crippen molar-refractivity contribution in [1.29, 1.82) is 0 Å². The van der Waals surface area contributed by atoms with Crippen LogP contribution in [0, 0.1) is 0 Å². The summed E-state index contributed by atoms with van der Waals surface area (Å²) in [6.45, 7) is 0. The van der Waals surface area contributed by atoms with Crippen molar-refractivity contribution in [2.75, 3.05) is 0 Å². The van der Waals surface area contributed by atoms with Crippen LogP contribution < -0.4 is 0 Å². The van der Waals surface area contributed by atoms with Crippen molar-refractivity contribution in [1.82, 2.24) is 0 Å². The van der Waals surface area contributed by atoms with E-state index >= 15 is 0 Å². The number of carbonyl (C=O) groups is 1. The Hall–Kier alpha value is -1.03. The predicted octanol–water partition coefficient (Wildman–Crippen LogP) is 3.26. The Kier molecular flexibility index (Phi) is 3.09. The molecule has 0 amide bonds. The van der Waals surface area contributed by atoms with E-state index in [4.69, 9.17) is 0 Å². The first-order chi connectivity index (χ1) is 6.50. The molecule has 0 bridgehead atoms. The zero-order valence-corrected chi connectivity index (χ0v) is 8.41. The highest BCUT2D eigenvalue weighted by Gasteiger charge is 2.36. The summed E-state index contributed by atoms with van der Waals surface area (Å²) >= 11 is 0. The number of hydrogen-bond donors (Lipinski definition) is 0. The Bertz CT molecular complexity index is 398. The van der Waals surface area contributed by atoms with Crippen molar-refractivity contribution < 1.29 is 18.0 Å². The molecule has 15 heavy (non-hydrogen) atoms. The van der Waals surface area contributed by atoms with Gasteiger partial charge in [-0.15, -0.1) is 12.4 Å². The lowest BCUT2D eigenvalue weighted by atomic mass is 10.0. The average Bonchev–Trinajstić information content (AvgIpc) is 2.46. The fourth-order valence-corrected chi connectivity index (χ4v) is 1.76. The molecular formula is C10H8ClF3O. The van der Waals surface area contributed by atoms with E-state index in [2.05, 4.69) is 0 Å². The van der Waals surface area contributed by atoms with Crippen molar-refractivity contribution in [2.45, 2.75) is 19.0 Å². The van der Waals surface area contributed by atoms with E-state index in [1.54, 1.807) is 0 Å². The highest BCUT2D eigenvalue weighted by molar-refractivity contribution is 6.00. The normalized spacial score (nSPS) is 14.7. The lowest BCUT2D eigenvalue weighted by Gasteiger charge is -2.10. The minimum atomic E-state index is -4.35. The molecule has 1 nitrogen and oxygen atoms in total. The summed E-state index contributed by atoms with van der Waals surface area (Å²) in [4.78, 5) is 11.2. The third kappa shape index (κ3) is 2.00. The van der Waals surface area contributed by atoms with Crippen molar-refractivity contribution in [3.05, 3.63) is 34.9 Å². The van der Waals surface area contributed by atoms with Crippen LogP contribution in [0.4, 0.5) is 13.2 Å². The second kappa shape index (κ2) is 3.85. The van der Waals surface area contributed by atoms with Crippen LogP contribution in [-0.2, 0) is 12.6 Å². The van der Waals surface area contributed by atoms with Gasteiger partial charge in [0.05, 0.1) is 5.56 Å². The molecule has 82 valence electrons. The van der Waals surface area contributed by atoms with E-state index < -0.39 is 11.7 Å². The number of alkyl halides is 3.